The number of aromatic nitrogens is 3. The molecule has 4 aromatic rings. The first-order chi connectivity index (χ1) is 15.8. The molecule has 0 saturated heterocycles. The molecule has 0 bridgehead atoms. The van der Waals surface area contributed by atoms with E-state index in [4.69, 9.17) is 25.7 Å². The summed E-state index contributed by atoms with van der Waals surface area (Å²) in [6.45, 7) is 6.85. The summed E-state index contributed by atoms with van der Waals surface area (Å²) in [5, 5.41) is 11.4. The van der Waals surface area contributed by atoms with Gasteiger partial charge in [-0.05, 0) is 56.6 Å². The van der Waals surface area contributed by atoms with Crippen LogP contribution in [-0.4, -0.2) is 33.4 Å². The minimum atomic E-state index is -0.531. The van der Waals surface area contributed by atoms with Crippen LogP contribution in [0.15, 0.2) is 28.7 Å². The topological polar surface area (TPSA) is 114 Å². The molecule has 33 heavy (non-hydrogen) atoms. The highest BCUT2D eigenvalue weighted by atomic mass is 35.5. The summed E-state index contributed by atoms with van der Waals surface area (Å²) in [7, 11) is 0. The highest BCUT2D eigenvalue weighted by Crippen LogP contribution is 2.40. The molecule has 0 aliphatic carbocycles. The molecular formula is C23H21ClN6O3. The van der Waals surface area contributed by atoms with Crippen molar-refractivity contribution in [2.45, 2.75) is 39.0 Å². The zero-order chi connectivity index (χ0) is 22.9. The molecule has 3 N–H and O–H groups in total. The first kappa shape index (κ1) is 20.2. The number of hydrogen-bond donors (Lipinski definition) is 3. The molecule has 2 aliphatic rings. The van der Waals surface area contributed by atoms with Gasteiger partial charge in [-0.1, -0.05) is 0 Å². The van der Waals surface area contributed by atoms with Crippen molar-refractivity contribution in [2.75, 3.05) is 17.2 Å². The Morgan fingerprint density at radius 3 is 2.88 bits per heavy atom. The SMILES string of the molecule is CC1CNc2c(oc3ccc4nc(Nc5nc(Cl)nc6c5COC6(C)C)ccc4c23)C(=O)N1. The smallest absolute Gasteiger partial charge is 0.289 e. The van der Waals surface area contributed by atoms with Crippen LogP contribution in [0.4, 0.5) is 17.3 Å². The molecule has 1 amide bonds. The quantitative estimate of drug-likeness (QED) is 0.372. The molecule has 3 aromatic heterocycles. The number of pyridine rings is 1. The molecule has 9 nitrogen and oxygen atoms in total. The number of benzene rings is 1. The summed E-state index contributed by atoms with van der Waals surface area (Å²) in [5.74, 6) is 1.25. The zero-order valence-corrected chi connectivity index (χ0v) is 19.0. The van der Waals surface area contributed by atoms with E-state index in [-0.39, 0.29) is 23.0 Å². The van der Waals surface area contributed by atoms with Crippen molar-refractivity contribution in [3.05, 3.63) is 46.6 Å². The maximum absolute atomic E-state index is 12.5. The molecule has 10 heteroatoms. The monoisotopic (exact) mass is 464 g/mol. The lowest BCUT2D eigenvalue weighted by molar-refractivity contribution is -0.00999. The highest BCUT2D eigenvalue weighted by Gasteiger charge is 2.35. The number of halogens is 1. The average Bonchev–Trinajstić information content (AvgIpc) is 3.25. The van der Waals surface area contributed by atoms with Gasteiger partial charge in [-0.2, -0.15) is 0 Å². The molecule has 0 saturated carbocycles. The van der Waals surface area contributed by atoms with Crippen LogP contribution in [0, 0.1) is 0 Å². The van der Waals surface area contributed by atoms with Crippen molar-refractivity contribution in [2.24, 2.45) is 0 Å². The van der Waals surface area contributed by atoms with Gasteiger partial charge in [0.15, 0.2) is 0 Å². The van der Waals surface area contributed by atoms with Gasteiger partial charge in [-0.25, -0.2) is 15.0 Å². The van der Waals surface area contributed by atoms with Gasteiger partial charge >= 0.3 is 0 Å². The van der Waals surface area contributed by atoms with Crippen LogP contribution in [0.3, 0.4) is 0 Å². The summed E-state index contributed by atoms with van der Waals surface area (Å²) in [6.07, 6.45) is 0. The van der Waals surface area contributed by atoms with Gasteiger partial charge in [0, 0.05) is 23.5 Å². The van der Waals surface area contributed by atoms with Gasteiger partial charge in [0.1, 0.15) is 22.8 Å². The lowest BCUT2D eigenvalue weighted by Crippen LogP contribution is -2.34. The number of carbonyl (C=O) groups is 1. The number of nitrogens with one attached hydrogen (secondary N) is 3. The number of carbonyl (C=O) groups excluding carboxylic acids is 1. The number of hydrogen-bond acceptors (Lipinski definition) is 8. The van der Waals surface area contributed by atoms with E-state index < -0.39 is 5.60 Å². The Morgan fingerprint density at radius 2 is 2.03 bits per heavy atom. The van der Waals surface area contributed by atoms with E-state index in [2.05, 4.69) is 25.9 Å². The predicted octanol–water partition coefficient (Wildman–Crippen LogP) is 4.48. The molecule has 1 aromatic carbocycles. The van der Waals surface area contributed by atoms with Crippen molar-refractivity contribution in [1.29, 1.82) is 0 Å². The fourth-order valence-electron chi connectivity index (χ4n) is 4.43. The van der Waals surface area contributed by atoms with Crippen molar-refractivity contribution in [1.82, 2.24) is 20.3 Å². The van der Waals surface area contributed by atoms with Crippen molar-refractivity contribution in [3.63, 3.8) is 0 Å². The molecule has 168 valence electrons. The van der Waals surface area contributed by atoms with Crippen LogP contribution < -0.4 is 16.0 Å². The fraction of sp³-hybridized carbons (Fsp3) is 0.304. The number of amides is 1. The van der Waals surface area contributed by atoms with E-state index in [9.17, 15) is 4.79 Å². The number of nitrogens with zero attached hydrogens (tertiary/aromatic N) is 3. The van der Waals surface area contributed by atoms with E-state index in [1.807, 2.05) is 45.0 Å². The Balaban J connectivity index is 1.44. The maximum Gasteiger partial charge on any atom is 0.289 e. The number of fused-ring (bicyclic) bond motifs is 6. The second-order valence-corrected chi connectivity index (χ2v) is 9.19. The minimum Gasteiger partial charge on any atom is -0.449 e. The summed E-state index contributed by atoms with van der Waals surface area (Å²) >= 11 is 6.18. The normalized spacial score (nSPS) is 19.0. The van der Waals surface area contributed by atoms with Crippen LogP contribution in [-0.2, 0) is 16.9 Å². The van der Waals surface area contributed by atoms with Gasteiger partial charge in [-0.3, -0.25) is 4.79 Å². The predicted molar refractivity (Wildman–Crippen MR) is 125 cm³/mol. The minimum absolute atomic E-state index is 0.00516. The molecule has 0 fully saturated rings. The van der Waals surface area contributed by atoms with Crippen LogP contribution in [0.5, 0.6) is 0 Å². The molecule has 1 atom stereocenters. The summed E-state index contributed by atoms with van der Waals surface area (Å²) < 4.78 is 11.7. The van der Waals surface area contributed by atoms with Crippen molar-refractivity contribution >= 4 is 56.7 Å². The third-order valence-corrected chi connectivity index (χ3v) is 6.23. The summed E-state index contributed by atoms with van der Waals surface area (Å²) in [4.78, 5) is 26.0. The Bertz CT molecular complexity index is 1460. The number of rotatable bonds is 2. The van der Waals surface area contributed by atoms with E-state index in [0.29, 0.717) is 36.1 Å². The first-order valence-corrected chi connectivity index (χ1v) is 11.1. The van der Waals surface area contributed by atoms with E-state index >= 15 is 0 Å². The zero-order valence-electron chi connectivity index (χ0n) is 18.2. The van der Waals surface area contributed by atoms with Gasteiger partial charge < -0.3 is 25.1 Å². The van der Waals surface area contributed by atoms with Gasteiger partial charge in [0.25, 0.3) is 5.91 Å². The van der Waals surface area contributed by atoms with Crippen LogP contribution >= 0.6 is 11.6 Å². The van der Waals surface area contributed by atoms with Gasteiger partial charge in [0.2, 0.25) is 11.0 Å². The Hall–Kier alpha value is -3.43. The lowest BCUT2D eigenvalue weighted by atomic mass is 10.0. The van der Waals surface area contributed by atoms with Crippen molar-refractivity contribution < 1.29 is 13.9 Å². The first-order valence-electron chi connectivity index (χ1n) is 10.7. The van der Waals surface area contributed by atoms with E-state index in [0.717, 1.165) is 27.5 Å². The second kappa shape index (κ2) is 7.03. The summed E-state index contributed by atoms with van der Waals surface area (Å²) in [5.41, 5.74) is 3.19. The van der Waals surface area contributed by atoms with E-state index in [1.54, 1.807) is 0 Å². The van der Waals surface area contributed by atoms with Gasteiger partial charge in [0.05, 0.1) is 28.9 Å². The van der Waals surface area contributed by atoms with Crippen LogP contribution in [0.25, 0.3) is 21.9 Å². The average molecular weight is 465 g/mol. The number of anilines is 3. The molecule has 6 rings (SSSR count). The summed E-state index contributed by atoms with van der Waals surface area (Å²) in [6, 6.07) is 7.52. The standard InChI is InChI=1S/C23H21ClN6O3/c1-10-8-25-17-16-11-4-7-15(27-13(11)5-6-14(16)33-18(17)21(31)26-10)28-20-12-9-32-23(2,3)19(12)29-22(24)30-20/h4-7,10,25H,8-9H2,1-3H3,(H,26,31)(H,27,28,29,30). The fourth-order valence-corrected chi connectivity index (χ4v) is 4.60. The second-order valence-electron chi connectivity index (χ2n) is 8.86. The molecule has 0 radical (unpaired) electrons. The van der Waals surface area contributed by atoms with Crippen LogP contribution in [0.1, 0.15) is 42.6 Å². The number of ether oxygens (including phenoxy) is 1. The van der Waals surface area contributed by atoms with E-state index in [1.165, 1.54) is 0 Å². The maximum atomic E-state index is 12.5. The van der Waals surface area contributed by atoms with Crippen molar-refractivity contribution in [3.8, 4) is 0 Å². The highest BCUT2D eigenvalue weighted by molar-refractivity contribution is 6.28. The molecular weight excluding hydrogens is 444 g/mol. The molecule has 0 spiro atoms. The molecule has 2 aliphatic heterocycles. The Kier molecular flexibility index (Phi) is 4.30. The Labute approximate surface area is 193 Å². The van der Waals surface area contributed by atoms with Crippen LogP contribution in [0.2, 0.25) is 5.28 Å². The largest absolute Gasteiger partial charge is 0.449 e. The lowest BCUT2D eigenvalue weighted by Gasteiger charge is -2.17. The molecule has 5 heterocycles. The molecule has 1 unspecified atom stereocenters. The third-order valence-electron chi connectivity index (χ3n) is 6.06. The Morgan fingerprint density at radius 1 is 1.18 bits per heavy atom. The third kappa shape index (κ3) is 3.19. The van der Waals surface area contributed by atoms with Gasteiger partial charge in [-0.15, -0.1) is 0 Å². The number of furan rings is 1.